The first-order chi connectivity index (χ1) is 18.5. The van der Waals surface area contributed by atoms with Crippen molar-refractivity contribution in [3.8, 4) is 5.75 Å². The molecule has 3 aromatic rings. The van der Waals surface area contributed by atoms with Gasteiger partial charge in [-0.25, -0.2) is 21.2 Å². The normalized spacial score (nSPS) is 14.5. The molecular formula is C25H25ClFN3O7S2. The standard InChI is InChI=1S/C25H25ClFN3O7S2/c1-36-24-10-8-20(38(32,33)29-11-13-37-14-12-29)16-23(24)28-25(31)17-30(18-7-9-22(27)21(26)15-18)39(34,35)19-5-3-2-4-6-19/h2-10,15-16H,11-14,17H2,1H3,(H,28,31). The van der Waals surface area contributed by atoms with Gasteiger partial charge in [0, 0.05) is 13.1 Å². The summed E-state index contributed by atoms with van der Waals surface area (Å²) in [5, 5.41) is 2.21. The van der Waals surface area contributed by atoms with Crippen LogP contribution in [0, 0.1) is 5.82 Å². The highest BCUT2D eigenvalue weighted by atomic mass is 35.5. The first-order valence-corrected chi connectivity index (χ1v) is 14.9. The first kappa shape index (κ1) is 28.8. The second-order valence-corrected chi connectivity index (χ2v) is 12.6. The summed E-state index contributed by atoms with van der Waals surface area (Å²) >= 11 is 5.90. The molecule has 0 aromatic heterocycles. The first-order valence-electron chi connectivity index (χ1n) is 11.6. The van der Waals surface area contributed by atoms with E-state index in [9.17, 15) is 26.0 Å². The molecule has 0 bridgehead atoms. The van der Waals surface area contributed by atoms with Gasteiger partial charge in [0.15, 0.2) is 0 Å². The highest BCUT2D eigenvalue weighted by molar-refractivity contribution is 7.92. The van der Waals surface area contributed by atoms with E-state index in [1.807, 2.05) is 0 Å². The summed E-state index contributed by atoms with van der Waals surface area (Å²) in [6.07, 6.45) is 0. The highest BCUT2D eigenvalue weighted by Gasteiger charge is 2.30. The van der Waals surface area contributed by atoms with Gasteiger partial charge in [-0.3, -0.25) is 9.10 Å². The van der Waals surface area contributed by atoms with E-state index < -0.39 is 38.3 Å². The molecule has 1 fully saturated rings. The predicted molar refractivity (Wildman–Crippen MR) is 144 cm³/mol. The van der Waals surface area contributed by atoms with Crippen molar-refractivity contribution >= 4 is 48.9 Å². The van der Waals surface area contributed by atoms with Crippen LogP contribution in [0.3, 0.4) is 0 Å². The molecule has 1 heterocycles. The maximum absolute atomic E-state index is 13.8. The molecule has 1 amide bonds. The second kappa shape index (κ2) is 11.9. The van der Waals surface area contributed by atoms with Gasteiger partial charge in [0.2, 0.25) is 15.9 Å². The van der Waals surface area contributed by atoms with Crippen LogP contribution in [0.5, 0.6) is 5.75 Å². The minimum absolute atomic E-state index is 0.0195. The third-order valence-electron chi connectivity index (χ3n) is 5.86. The van der Waals surface area contributed by atoms with E-state index in [0.717, 1.165) is 16.4 Å². The number of ether oxygens (including phenoxy) is 2. The molecule has 0 saturated carbocycles. The molecule has 0 radical (unpaired) electrons. The maximum Gasteiger partial charge on any atom is 0.264 e. The number of morpholine rings is 1. The summed E-state index contributed by atoms with van der Waals surface area (Å²) in [5.74, 6) is -1.41. The number of halogens is 2. The Balaban J connectivity index is 1.66. The Morgan fingerprint density at radius 1 is 1.03 bits per heavy atom. The molecule has 10 nitrogen and oxygen atoms in total. The summed E-state index contributed by atoms with van der Waals surface area (Å²) in [7, 11) is -6.84. The molecule has 39 heavy (non-hydrogen) atoms. The zero-order valence-corrected chi connectivity index (χ0v) is 23.1. The van der Waals surface area contributed by atoms with Crippen LogP contribution in [0.2, 0.25) is 5.02 Å². The van der Waals surface area contributed by atoms with Crippen molar-refractivity contribution in [3.63, 3.8) is 0 Å². The van der Waals surface area contributed by atoms with Crippen molar-refractivity contribution in [1.82, 2.24) is 4.31 Å². The number of rotatable bonds is 9. The third-order valence-corrected chi connectivity index (χ3v) is 9.83. The van der Waals surface area contributed by atoms with Gasteiger partial charge in [-0.05, 0) is 48.5 Å². The summed E-state index contributed by atoms with van der Waals surface area (Å²) in [5.41, 5.74) is -0.0259. The minimum atomic E-state index is -4.29. The van der Waals surface area contributed by atoms with Crippen LogP contribution in [-0.4, -0.2) is 67.0 Å². The van der Waals surface area contributed by atoms with Crippen LogP contribution in [0.25, 0.3) is 0 Å². The van der Waals surface area contributed by atoms with Crippen LogP contribution < -0.4 is 14.4 Å². The molecule has 4 rings (SSSR count). The van der Waals surface area contributed by atoms with Crippen LogP contribution in [-0.2, 0) is 29.6 Å². The summed E-state index contributed by atoms with van der Waals surface area (Å²) in [6, 6.07) is 14.7. The second-order valence-electron chi connectivity index (χ2n) is 8.35. The quantitative estimate of drug-likeness (QED) is 0.401. The van der Waals surface area contributed by atoms with Gasteiger partial charge in [-0.1, -0.05) is 29.8 Å². The molecule has 1 aliphatic heterocycles. The van der Waals surface area contributed by atoms with Crippen molar-refractivity contribution in [2.45, 2.75) is 9.79 Å². The fraction of sp³-hybridized carbons (Fsp3) is 0.240. The van der Waals surface area contributed by atoms with E-state index in [1.165, 1.54) is 59.9 Å². The van der Waals surface area contributed by atoms with Crippen LogP contribution in [0.4, 0.5) is 15.8 Å². The number of anilines is 2. The third kappa shape index (κ3) is 6.34. The van der Waals surface area contributed by atoms with Crippen molar-refractivity contribution in [3.05, 3.63) is 77.6 Å². The number of methoxy groups -OCH3 is 1. The molecule has 0 spiro atoms. The lowest BCUT2D eigenvalue weighted by atomic mass is 10.3. The fourth-order valence-electron chi connectivity index (χ4n) is 3.88. The number of nitrogens with one attached hydrogen (secondary N) is 1. The van der Waals surface area contributed by atoms with E-state index in [-0.39, 0.29) is 58.2 Å². The zero-order valence-electron chi connectivity index (χ0n) is 20.7. The Morgan fingerprint density at radius 2 is 1.72 bits per heavy atom. The molecule has 0 unspecified atom stereocenters. The van der Waals surface area contributed by atoms with Crippen LogP contribution >= 0.6 is 11.6 Å². The van der Waals surface area contributed by atoms with E-state index >= 15 is 0 Å². The number of carbonyl (C=O) groups is 1. The highest BCUT2D eigenvalue weighted by Crippen LogP contribution is 2.31. The predicted octanol–water partition coefficient (Wildman–Crippen LogP) is 3.34. The molecule has 1 saturated heterocycles. The Bertz CT molecular complexity index is 1570. The molecule has 0 atom stereocenters. The Hall–Kier alpha value is -3.23. The number of nitrogens with zero attached hydrogens (tertiary/aromatic N) is 2. The molecule has 208 valence electrons. The Kier molecular flexibility index (Phi) is 8.76. The zero-order chi connectivity index (χ0) is 28.2. The lowest BCUT2D eigenvalue weighted by molar-refractivity contribution is -0.114. The molecule has 14 heteroatoms. The largest absolute Gasteiger partial charge is 0.495 e. The minimum Gasteiger partial charge on any atom is -0.495 e. The number of hydrogen-bond donors (Lipinski definition) is 1. The van der Waals surface area contributed by atoms with Gasteiger partial charge < -0.3 is 14.8 Å². The number of amides is 1. The summed E-state index contributed by atoms with van der Waals surface area (Å²) in [4.78, 5) is 13.0. The smallest absolute Gasteiger partial charge is 0.264 e. The van der Waals surface area contributed by atoms with E-state index in [2.05, 4.69) is 5.32 Å². The maximum atomic E-state index is 13.8. The SMILES string of the molecule is COc1ccc(S(=O)(=O)N2CCOCC2)cc1NC(=O)CN(c1ccc(F)c(Cl)c1)S(=O)(=O)c1ccccc1. The molecule has 0 aliphatic carbocycles. The van der Waals surface area contributed by atoms with Gasteiger partial charge in [0.05, 0.1) is 46.5 Å². The van der Waals surface area contributed by atoms with Gasteiger partial charge >= 0.3 is 0 Å². The van der Waals surface area contributed by atoms with E-state index in [1.54, 1.807) is 6.07 Å². The summed E-state index contributed by atoms with van der Waals surface area (Å²) in [6.45, 7) is 0.157. The lowest BCUT2D eigenvalue weighted by Gasteiger charge is -2.26. The topological polar surface area (TPSA) is 122 Å². The Morgan fingerprint density at radius 3 is 2.36 bits per heavy atom. The number of benzene rings is 3. The van der Waals surface area contributed by atoms with Gasteiger partial charge in [-0.2, -0.15) is 4.31 Å². The van der Waals surface area contributed by atoms with Crippen molar-refractivity contribution in [2.75, 3.05) is 49.6 Å². The molecule has 3 aromatic carbocycles. The number of hydrogen-bond acceptors (Lipinski definition) is 7. The summed E-state index contributed by atoms with van der Waals surface area (Å²) < 4.78 is 79.6. The molecule has 1 N–H and O–H groups in total. The van der Waals surface area contributed by atoms with Crippen molar-refractivity contribution in [1.29, 1.82) is 0 Å². The van der Waals surface area contributed by atoms with Gasteiger partial charge in [-0.15, -0.1) is 0 Å². The van der Waals surface area contributed by atoms with Crippen LogP contribution in [0.1, 0.15) is 0 Å². The van der Waals surface area contributed by atoms with Crippen molar-refractivity contribution < 1.29 is 35.5 Å². The fourth-order valence-corrected chi connectivity index (χ4v) is 6.92. The van der Waals surface area contributed by atoms with E-state index in [4.69, 9.17) is 21.1 Å². The number of carbonyl (C=O) groups excluding carboxylic acids is 1. The lowest BCUT2D eigenvalue weighted by Crippen LogP contribution is -2.40. The Labute approximate surface area is 231 Å². The average molecular weight is 598 g/mol. The average Bonchev–Trinajstić information content (AvgIpc) is 2.94. The molecular weight excluding hydrogens is 573 g/mol. The van der Waals surface area contributed by atoms with Crippen LogP contribution in [0.15, 0.2) is 76.5 Å². The monoisotopic (exact) mass is 597 g/mol. The number of sulfonamides is 2. The van der Waals surface area contributed by atoms with Gasteiger partial charge in [0.1, 0.15) is 18.1 Å². The van der Waals surface area contributed by atoms with Gasteiger partial charge in [0.25, 0.3) is 10.0 Å². The molecule has 1 aliphatic rings. The van der Waals surface area contributed by atoms with Crippen molar-refractivity contribution in [2.24, 2.45) is 0 Å². The van der Waals surface area contributed by atoms with E-state index in [0.29, 0.717) is 0 Å².